The van der Waals surface area contributed by atoms with Crippen molar-refractivity contribution in [1.82, 2.24) is 4.72 Å². The van der Waals surface area contributed by atoms with Gasteiger partial charge in [-0.05, 0) is 30.7 Å². The molecule has 0 radical (unpaired) electrons. The highest BCUT2D eigenvalue weighted by atomic mass is 32.2. The van der Waals surface area contributed by atoms with E-state index >= 15 is 0 Å². The van der Waals surface area contributed by atoms with Crippen LogP contribution in [0.3, 0.4) is 0 Å². The van der Waals surface area contributed by atoms with Crippen LogP contribution < -0.4 is 19.5 Å². The van der Waals surface area contributed by atoms with Gasteiger partial charge in [-0.25, -0.2) is 21.9 Å². The lowest BCUT2D eigenvalue weighted by molar-refractivity contribution is -0.116. The monoisotopic (exact) mass is 412 g/mol. The quantitative estimate of drug-likeness (QED) is 0.682. The third-order valence-corrected chi connectivity index (χ3v) is 5.36. The molecule has 7 nitrogen and oxygen atoms in total. The van der Waals surface area contributed by atoms with E-state index in [0.717, 1.165) is 12.1 Å². The Morgan fingerprint density at radius 3 is 2.50 bits per heavy atom. The molecule has 2 aromatic rings. The number of carbonyl (C=O) groups excluding carboxylic acids is 1. The fourth-order valence-electron chi connectivity index (χ4n) is 2.53. The fourth-order valence-corrected chi connectivity index (χ4v) is 3.62. The number of anilines is 1. The summed E-state index contributed by atoms with van der Waals surface area (Å²) >= 11 is 0. The van der Waals surface area contributed by atoms with Crippen LogP contribution in [0.5, 0.6) is 11.5 Å². The van der Waals surface area contributed by atoms with Crippen LogP contribution in [0.1, 0.15) is 12.8 Å². The molecule has 0 atom stereocenters. The second-order valence-electron chi connectivity index (χ2n) is 5.98. The van der Waals surface area contributed by atoms with Crippen LogP contribution in [0, 0.1) is 11.6 Å². The summed E-state index contributed by atoms with van der Waals surface area (Å²) in [5.74, 6) is -1.67. The summed E-state index contributed by atoms with van der Waals surface area (Å²) in [5, 5.41) is 2.42. The van der Waals surface area contributed by atoms with Crippen LogP contribution in [-0.2, 0) is 14.8 Å². The van der Waals surface area contributed by atoms with Gasteiger partial charge in [-0.1, -0.05) is 0 Å². The van der Waals surface area contributed by atoms with Crippen LogP contribution in [0.4, 0.5) is 14.5 Å². The number of ether oxygens (including phenoxy) is 2. The maximum absolute atomic E-state index is 13.1. The number of rotatable bonds is 7. The first kappa shape index (κ1) is 20.0. The number of amides is 1. The van der Waals surface area contributed by atoms with Crippen LogP contribution in [0.25, 0.3) is 0 Å². The van der Waals surface area contributed by atoms with Gasteiger partial charge < -0.3 is 14.8 Å². The van der Waals surface area contributed by atoms with Gasteiger partial charge in [0.25, 0.3) is 0 Å². The topological polar surface area (TPSA) is 93.7 Å². The molecule has 10 heteroatoms. The molecule has 1 heterocycles. The van der Waals surface area contributed by atoms with E-state index < -0.39 is 27.6 Å². The van der Waals surface area contributed by atoms with E-state index in [1.807, 2.05) is 0 Å². The van der Waals surface area contributed by atoms with Crippen molar-refractivity contribution in [3.8, 4) is 11.5 Å². The van der Waals surface area contributed by atoms with Crippen LogP contribution in [0.15, 0.2) is 41.3 Å². The number of sulfonamides is 1. The van der Waals surface area contributed by atoms with Crippen LogP contribution in [-0.4, -0.2) is 34.1 Å². The molecular weight excluding hydrogens is 394 g/mol. The SMILES string of the molecule is O=C(CCCNS(=O)(=O)c1ccc2c(c1)OCCO2)Nc1ccc(F)c(F)c1. The van der Waals surface area contributed by atoms with Gasteiger partial charge in [-0.3, -0.25) is 4.79 Å². The van der Waals surface area contributed by atoms with Crippen LogP contribution in [0.2, 0.25) is 0 Å². The van der Waals surface area contributed by atoms with Crippen molar-refractivity contribution in [2.24, 2.45) is 0 Å². The van der Waals surface area contributed by atoms with E-state index in [1.165, 1.54) is 24.3 Å². The number of benzene rings is 2. The van der Waals surface area contributed by atoms with Gasteiger partial charge in [-0.2, -0.15) is 0 Å². The average Bonchev–Trinajstić information content (AvgIpc) is 2.68. The predicted molar refractivity (Wildman–Crippen MR) is 96.8 cm³/mol. The molecule has 0 aromatic heterocycles. The summed E-state index contributed by atoms with van der Waals surface area (Å²) < 4.78 is 63.8. The standard InChI is InChI=1S/C18H18F2N2O5S/c19-14-5-3-12(10-15(14)20)22-18(23)2-1-7-21-28(24,25)13-4-6-16-17(11-13)27-9-8-26-16/h3-6,10-11,21H,1-2,7-9H2,(H,22,23). The predicted octanol–water partition coefficient (Wildman–Crippen LogP) is 2.43. The summed E-state index contributed by atoms with van der Waals surface area (Å²) in [6, 6.07) is 7.34. The molecule has 0 unspecified atom stereocenters. The molecule has 1 aliphatic heterocycles. The molecule has 1 amide bonds. The van der Waals surface area contributed by atoms with Crippen molar-refractivity contribution < 1.29 is 31.5 Å². The molecule has 2 aromatic carbocycles. The zero-order chi connectivity index (χ0) is 20.1. The number of hydrogen-bond acceptors (Lipinski definition) is 5. The molecule has 0 saturated heterocycles. The maximum Gasteiger partial charge on any atom is 0.240 e. The van der Waals surface area contributed by atoms with Gasteiger partial charge in [0.2, 0.25) is 15.9 Å². The van der Waals surface area contributed by atoms with Crippen molar-refractivity contribution >= 4 is 21.6 Å². The van der Waals surface area contributed by atoms with Crippen molar-refractivity contribution in [1.29, 1.82) is 0 Å². The normalized spacial score (nSPS) is 13.2. The van der Waals surface area contributed by atoms with E-state index in [2.05, 4.69) is 10.0 Å². The highest BCUT2D eigenvalue weighted by Crippen LogP contribution is 2.32. The molecule has 0 aliphatic carbocycles. The largest absolute Gasteiger partial charge is 0.486 e. The first-order chi connectivity index (χ1) is 13.3. The second kappa shape index (κ2) is 8.53. The molecule has 0 fully saturated rings. The van der Waals surface area contributed by atoms with Gasteiger partial charge in [-0.15, -0.1) is 0 Å². The maximum atomic E-state index is 13.1. The fraction of sp³-hybridized carbons (Fsp3) is 0.278. The zero-order valence-corrected chi connectivity index (χ0v) is 15.5. The minimum atomic E-state index is -3.77. The van der Waals surface area contributed by atoms with E-state index in [4.69, 9.17) is 9.47 Å². The third kappa shape index (κ3) is 4.96. The molecule has 0 bridgehead atoms. The van der Waals surface area contributed by atoms with E-state index in [0.29, 0.717) is 24.7 Å². The molecule has 150 valence electrons. The number of halogens is 2. The number of fused-ring (bicyclic) bond motifs is 1. The van der Waals surface area contributed by atoms with E-state index in [1.54, 1.807) is 0 Å². The van der Waals surface area contributed by atoms with Crippen molar-refractivity contribution in [2.45, 2.75) is 17.7 Å². The summed E-state index contributed by atoms with van der Waals surface area (Å²) in [6.45, 7) is 0.781. The molecule has 0 saturated carbocycles. The van der Waals surface area contributed by atoms with Crippen molar-refractivity contribution in [3.05, 3.63) is 48.0 Å². The van der Waals surface area contributed by atoms with Gasteiger partial charge in [0, 0.05) is 30.8 Å². The Hall–Kier alpha value is -2.72. The Morgan fingerprint density at radius 2 is 1.75 bits per heavy atom. The Bertz CT molecular complexity index is 982. The lowest BCUT2D eigenvalue weighted by Crippen LogP contribution is -2.26. The van der Waals surface area contributed by atoms with Crippen LogP contribution >= 0.6 is 0 Å². The van der Waals surface area contributed by atoms with E-state index in [-0.39, 0.29) is 30.0 Å². The third-order valence-electron chi connectivity index (χ3n) is 3.90. The Kier molecular flexibility index (Phi) is 6.10. The van der Waals surface area contributed by atoms with Gasteiger partial charge in [0.15, 0.2) is 23.1 Å². The van der Waals surface area contributed by atoms with Gasteiger partial charge in [0.05, 0.1) is 4.90 Å². The molecule has 2 N–H and O–H groups in total. The van der Waals surface area contributed by atoms with Gasteiger partial charge in [0.1, 0.15) is 13.2 Å². The molecule has 1 aliphatic rings. The van der Waals surface area contributed by atoms with Crippen molar-refractivity contribution in [2.75, 3.05) is 25.1 Å². The Morgan fingerprint density at radius 1 is 1.00 bits per heavy atom. The zero-order valence-electron chi connectivity index (χ0n) is 14.7. The van der Waals surface area contributed by atoms with Crippen molar-refractivity contribution in [3.63, 3.8) is 0 Å². The molecule has 3 rings (SSSR count). The minimum absolute atomic E-state index is 0.00263. The lowest BCUT2D eigenvalue weighted by atomic mass is 10.2. The number of nitrogens with one attached hydrogen (secondary N) is 2. The first-order valence-electron chi connectivity index (χ1n) is 8.49. The average molecular weight is 412 g/mol. The summed E-state index contributed by atoms with van der Waals surface area (Å²) in [7, 11) is -3.77. The first-order valence-corrected chi connectivity index (χ1v) is 9.98. The minimum Gasteiger partial charge on any atom is -0.486 e. The molecule has 28 heavy (non-hydrogen) atoms. The Labute approximate surface area is 160 Å². The lowest BCUT2D eigenvalue weighted by Gasteiger charge is -2.18. The summed E-state index contributed by atoms with van der Waals surface area (Å²) in [6.07, 6.45) is 0.224. The second-order valence-corrected chi connectivity index (χ2v) is 7.75. The molecular formula is C18H18F2N2O5S. The summed E-state index contributed by atoms with van der Waals surface area (Å²) in [4.78, 5) is 11.9. The number of hydrogen-bond donors (Lipinski definition) is 2. The highest BCUT2D eigenvalue weighted by molar-refractivity contribution is 7.89. The smallest absolute Gasteiger partial charge is 0.240 e. The number of carbonyl (C=O) groups is 1. The summed E-state index contributed by atoms with van der Waals surface area (Å²) in [5.41, 5.74) is 0.126. The van der Waals surface area contributed by atoms with E-state index in [9.17, 15) is 22.0 Å². The highest BCUT2D eigenvalue weighted by Gasteiger charge is 2.19. The molecule has 0 spiro atoms. The Balaban J connectivity index is 1.48. The van der Waals surface area contributed by atoms with Gasteiger partial charge >= 0.3 is 0 Å².